The molecule has 0 bridgehead atoms. The monoisotopic (exact) mass is 395 g/mol. The van der Waals surface area contributed by atoms with Crippen LogP contribution < -0.4 is 15.7 Å². The minimum absolute atomic E-state index is 0. The van der Waals surface area contributed by atoms with Crippen molar-refractivity contribution in [3.63, 3.8) is 0 Å². The molecule has 0 aliphatic heterocycles. The molecule has 2 N–H and O–H groups in total. The van der Waals surface area contributed by atoms with E-state index in [1.54, 1.807) is 0 Å². The van der Waals surface area contributed by atoms with E-state index < -0.39 is 6.10 Å². The maximum Gasteiger partial charge on any atom is 0.339 e. The van der Waals surface area contributed by atoms with Crippen LogP contribution in [-0.2, 0) is 12.8 Å². The number of ether oxygens (including phenoxy) is 1. The van der Waals surface area contributed by atoms with Crippen LogP contribution in [0.15, 0.2) is 21.3 Å². The zero-order valence-electron chi connectivity index (χ0n) is 16.6. The van der Waals surface area contributed by atoms with Crippen molar-refractivity contribution in [3.05, 3.63) is 39.2 Å². The molecule has 0 amide bonds. The summed E-state index contributed by atoms with van der Waals surface area (Å²) in [4.78, 5) is 12.3. The number of benzene rings is 1. The number of aryl methyl sites for hydroxylation is 2. The number of β-amino-alcohol motifs (C(OH)–C–C–N with tert-alkyl or cyclic N) is 1. The molecule has 0 fully saturated rings. The molecule has 6 heteroatoms. The molecule has 5 nitrogen and oxygen atoms in total. The third kappa shape index (κ3) is 5.24. The number of halogens is 1. The van der Waals surface area contributed by atoms with Crippen LogP contribution in [-0.4, -0.2) is 29.9 Å². The highest BCUT2D eigenvalue weighted by atomic mass is 35.5. The summed E-state index contributed by atoms with van der Waals surface area (Å²) < 4.78 is 11.6. The Hall–Kier alpha value is -1.56. The van der Waals surface area contributed by atoms with Crippen LogP contribution in [0.4, 0.5) is 0 Å². The number of hydrogen-bond donors (Lipinski definition) is 2. The van der Waals surface area contributed by atoms with Crippen molar-refractivity contribution in [2.45, 2.75) is 65.0 Å². The van der Waals surface area contributed by atoms with Crippen molar-refractivity contribution in [2.24, 2.45) is 0 Å². The minimum Gasteiger partial charge on any atom is -0.490 e. The second kappa shape index (κ2) is 8.63. The van der Waals surface area contributed by atoms with Crippen LogP contribution in [0.5, 0.6) is 5.75 Å². The molecule has 2 aromatic rings. The molecule has 0 spiro atoms. The fraction of sp³-hybridized carbons (Fsp3) is 0.571. The van der Waals surface area contributed by atoms with E-state index in [-0.39, 0.29) is 30.2 Å². The highest BCUT2D eigenvalue weighted by Gasteiger charge is 2.21. The Kier molecular flexibility index (Phi) is 6.95. The fourth-order valence-corrected chi connectivity index (χ4v) is 3.45. The maximum absolute atomic E-state index is 12.3. The second-order valence-electron chi connectivity index (χ2n) is 8.29. The number of nitrogens with one attached hydrogen (secondary N) is 1. The lowest BCUT2D eigenvalue weighted by Gasteiger charge is -2.23. The predicted octanol–water partition coefficient (Wildman–Crippen LogP) is 3.53. The van der Waals surface area contributed by atoms with Gasteiger partial charge in [-0.3, -0.25) is 0 Å². The van der Waals surface area contributed by atoms with Gasteiger partial charge >= 0.3 is 5.63 Å². The standard InChI is InChI=1S/C21H29NO4.ClH/c1-13-9-17(25-12-14(23)11-22-21(2,3)4)19-15-7-5-6-8-16(15)20(24)26-18(19)10-13;/h9-10,14,22-23H,5-8,11-12H2,1-4H3;1H. The lowest BCUT2D eigenvalue weighted by molar-refractivity contribution is 0.101. The summed E-state index contributed by atoms with van der Waals surface area (Å²) in [6.07, 6.45) is 3.10. The predicted molar refractivity (Wildman–Crippen MR) is 110 cm³/mol. The van der Waals surface area contributed by atoms with E-state index in [2.05, 4.69) is 26.1 Å². The summed E-state index contributed by atoms with van der Waals surface area (Å²) in [6.45, 7) is 8.77. The van der Waals surface area contributed by atoms with Crippen molar-refractivity contribution in [2.75, 3.05) is 13.2 Å². The molecule has 3 rings (SSSR count). The zero-order chi connectivity index (χ0) is 18.9. The lowest BCUT2D eigenvalue weighted by Crippen LogP contribution is -2.42. The highest BCUT2D eigenvalue weighted by molar-refractivity contribution is 5.88. The first-order chi connectivity index (χ1) is 12.2. The maximum atomic E-state index is 12.3. The molecule has 1 aromatic carbocycles. The highest BCUT2D eigenvalue weighted by Crippen LogP contribution is 2.34. The summed E-state index contributed by atoms with van der Waals surface area (Å²) in [6, 6.07) is 3.84. The van der Waals surface area contributed by atoms with Crippen LogP contribution in [0.3, 0.4) is 0 Å². The number of aliphatic hydroxyl groups is 1. The third-order valence-electron chi connectivity index (χ3n) is 4.73. The summed E-state index contributed by atoms with van der Waals surface area (Å²) in [5.41, 5.74) is 3.10. The van der Waals surface area contributed by atoms with Gasteiger partial charge in [-0.1, -0.05) is 0 Å². The van der Waals surface area contributed by atoms with Gasteiger partial charge in [0.05, 0.1) is 5.39 Å². The molecule has 27 heavy (non-hydrogen) atoms. The summed E-state index contributed by atoms with van der Waals surface area (Å²) >= 11 is 0. The number of fused-ring (bicyclic) bond motifs is 3. The molecule has 1 heterocycles. The van der Waals surface area contributed by atoms with Crippen molar-refractivity contribution in [1.82, 2.24) is 5.32 Å². The SMILES string of the molecule is Cc1cc(OCC(O)CNC(C)(C)C)c2c3c(c(=O)oc2c1)CCCC3.Cl. The summed E-state index contributed by atoms with van der Waals surface area (Å²) in [5.74, 6) is 0.691. The van der Waals surface area contributed by atoms with E-state index in [0.717, 1.165) is 47.8 Å². The normalized spacial score (nSPS) is 15.1. The van der Waals surface area contributed by atoms with Gasteiger partial charge in [-0.25, -0.2) is 4.79 Å². The number of hydrogen-bond acceptors (Lipinski definition) is 5. The summed E-state index contributed by atoms with van der Waals surface area (Å²) in [7, 11) is 0. The van der Waals surface area contributed by atoms with E-state index in [1.165, 1.54) is 0 Å². The van der Waals surface area contributed by atoms with Crippen molar-refractivity contribution in [3.8, 4) is 5.75 Å². The molecular weight excluding hydrogens is 366 g/mol. The van der Waals surface area contributed by atoms with Gasteiger partial charge in [-0.05, 0) is 76.6 Å². The Morgan fingerprint density at radius 1 is 1.22 bits per heavy atom. The molecule has 1 unspecified atom stereocenters. The largest absolute Gasteiger partial charge is 0.490 e. The van der Waals surface area contributed by atoms with Crippen molar-refractivity contribution >= 4 is 23.4 Å². The first-order valence-corrected chi connectivity index (χ1v) is 9.40. The topological polar surface area (TPSA) is 71.7 Å². The Morgan fingerprint density at radius 3 is 2.56 bits per heavy atom. The van der Waals surface area contributed by atoms with E-state index in [1.807, 2.05) is 19.1 Å². The van der Waals surface area contributed by atoms with Crippen LogP contribution in [0.2, 0.25) is 0 Å². The van der Waals surface area contributed by atoms with Crippen molar-refractivity contribution in [1.29, 1.82) is 0 Å². The molecular formula is C21H30ClNO4. The molecule has 0 saturated carbocycles. The molecule has 150 valence electrons. The Morgan fingerprint density at radius 2 is 1.89 bits per heavy atom. The number of rotatable bonds is 5. The van der Waals surface area contributed by atoms with Crippen LogP contribution in [0.25, 0.3) is 11.0 Å². The smallest absolute Gasteiger partial charge is 0.339 e. The van der Waals surface area contributed by atoms with Gasteiger partial charge in [0.15, 0.2) is 0 Å². The second-order valence-corrected chi connectivity index (χ2v) is 8.29. The number of aliphatic hydroxyl groups excluding tert-OH is 1. The Balaban J connectivity index is 0.00000261. The van der Waals surface area contributed by atoms with Gasteiger partial charge in [0.25, 0.3) is 0 Å². The summed E-state index contributed by atoms with van der Waals surface area (Å²) in [5, 5.41) is 14.4. The van der Waals surface area contributed by atoms with Gasteiger partial charge in [0.2, 0.25) is 0 Å². The van der Waals surface area contributed by atoms with Crippen LogP contribution in [0, 0.1) is 6.92 Å². The van der Waals surface area contributed by atoms with E-state index in [4.69, 9.17) is 9.15 Å². The molecule has 1 aliphatic carbocycles. The molecule has 0 radical (unpaired) electrons. The third-order valence-corrected chi connectivity index (χ3v) is 4.73. The van der Waals surface area contributed by atoms with Gasteiger partial charge in [0, 0.05) is 17.6 Å². The lowest BCUT2D eigenvalue weighted by atomic mass is 9.90. The van der Waals surface area contributed by atoms with Gasteiger partial charge in [-0.2, -0.15) is 0 Å². The van der Waals surface area contributed by atoms with Crippen LogP contribution >= 0.6 is 12.4 Å². The molecule has 1 aromatic heterocycles. The quantitative estimate of drug-likeness (QED) is 0.758. The molecule has 0 saturated heterocycles. The first-order valence-electron chi connectivity index (χ1n) is 9.40. The zero-order valence-corrected chi connectivity index (χ0v) is 17.4. The Labute approximate surface area is 166 Å². The van der Waals surface area contributed by atoms with Gasteiger partial charge in [0.1, 0.15) is 24.0 Å². The minimum atomic E-state index is -0.615. The van der Waals surface area contributed by atoms with Crippen LogP contribution in [0.1, 0.15) is 50.3 Å². The Bertz CT molecular complexity index is 854. The van der Waals surface area contributed by atoms with E-state index in [9.17, 15) is 9.90 Å². The average Bonchev–Trinajstić information content (AvgIpc) is 2.57. The van der Waals surface area contributed by atoms with Crippen molar-refractivity contribution < 1.29 is 14.3 Å². The average molecular weight is 396 g/mol. The van der Waals surface area contributed by atoms with E-state index in [0.29, 0.717) is 17.9 Å². The first kappa shape index (κ1) is 21.7. The fourth-order valence-electron chi connectivity index (χ4n) is 3.45. The van der Waals surface area contributed by atoms with E-state index >= 15 is 0 Å². The van der Waals surface area contributed by atoms with Gasteiger partial charge < -0.3 is 19.6 Å². The molecule has 1 aliphatic rings. The molecule has 1 atom stereocenters. The van der Waals surface area contributed by atoms with Gasteiger partial charge in [-0.15, -0.1) is 12.4 Å².